The lowest BCUT2D eigenvalue weighted by Crippen LogP contribution is -2.30. The zero-order valence-electron chi connectivity index (χ0n) is 11.1. The second-order valence-electron chi connectivity index (χ2n) is 3.99. The first-order valence-electron chi connectivity index (χ1n) is 6.19. The number of hydrogen-bond acceptors (Lipinski definition) is 7. The van der Waals surface area contributed by atoms with Crippen molar-refractivity contribution in [2.75, 3.05) is 24.1 Å². The molecule has 0 spiro atoms. The second-order valence-corrected chi connectivity index (χ2v) is 3.99. The summed E-state index contributed by atoms with van der Waals surface area (Å²) in [6.45, 7) is 2.70. The summed E-state index contributed by atoms with van der Waals surface area (Å²) in [6, 6.07) is 0. The normalized spacial score (nSPS) is 10.2. The number of rotatable bonds is 6. The van der Waals surface area contributed by atoms with Crippen LogP contribution in [0.1, 0.15) is 13.3 Å². The molecule has 20 heavy (non-hydrogen) atoms. The first-order valence-corrected chi connectivity index (χ1v) is 6.19. The van der Waals surface area contributed by atoms with E-state index in [1.165, 1.54) is 0 Å². The third-order valence-corrected chi connectivity index (χ3v) is 2.36. The predicted octanol–water partition coefficient (Wildman–Crippen LogP) is -0.422. The van der Waals surface area contributed by atoms with E-state index in [9.17, 15) is 4.79 Å². The van der Waals surface area contributed by atoms with Crippen LogP contribution in [0.15, 0.2) is 18.7 Å². The maximum atomic E-state index is 11.5. The number of nitrogens with two attached hydrogens (primary N) is 1. The van der Waals surface area contributed by atoms with Gasteiger partial charge in [0.05, 0.1) is 6.54 Å². The molecule has 2 aromatic rings. The van der Waals surface area contributed by atoms with Gasteiger partial charge in [-0.1, -0.05) is 6.92 Å². The van der Waals surface area contributed by atoms with Crippen LogP contribution in [0, 0.1) is 0 Å². The van der Waals surface area contributed by atoms with Crippen LogP contribution in [-0.4, -0.2) is 43.5 Å². The molecule has 0 saturated heterocycles. The fraction of sp³-hybridized carbons (Fsp3) is 0.364. The van der Waals surface area contributed by atoms with Gasteiger partial charge in [0.2, 0.25) is 23.8 Å². The minimum absolute atomic E-state index is 0.0696. The van der Waals surface area contributed by atoms with Crippen LogP contribution in [0.5, 0.6) is 0 Å². The van der Waals surface area contributed by atoms with E-state index in [1.54, 1.807) is 23.3 Å². The Morgan fingerprint density at radius 1 is 1.40 bits per heavy atom. The second kappa shape index (κ2) is 6.45. The maximum absolute atomic E-state index is 11.5. The summed E-state index contributed by atoms with van der Waals surface area (Å²) in [7, 11) is 0. The summed E-state index contributed by atoms with van der Waals surface area (Å²) >= 11 is 0. The minimum Gasteiger partial charge on any atom is -0.368 e. The molecular weight excluding hydrogens is 260 g/mol. The number of carbonyl (C=O) groups excluding carboxylic acids is 1. The number of carbonyl (C=O) groups is 1. The van der Waals surface area contributed by atoms with E-state index < -0.39 is 0 Å². The van der Waals surface area contributed by atoms with Crippen molar-refractivity contribution in [1.82, 2.24) is 29.8 Å². The molecule has 4 N–H and O–H groups in total. The van der Waals surface area contributed by atoms with E-state index >= 15 is 0 Å². The van der Waals surface area contributed by atoms with Gasteiger partial charge in [0.15, 0.2) is 0 Å². The monoisotopic (exact) mass is 276 g/mol. The van der Waals surface area contributed by atoms with Crippen LogP contribution < -0.4 is 16.4 Å². The molecule has 0 atom stereocenters. The molecule has 0 aromatic carbocycles. The molecule has 0 unspecified atom stereocenters. The van der Waals surface area contributed by atoms with E-state index in [0.29, 0.717) is 12.5 Å². The fourth-order valence-corrected chi connectivity index (χ4v) is 1.44. The molecule has 0 bridgehead atoms. The maximum Gasteiger partial charge on any atom is 0.241 e. The average Bonchev–Trinajstić information content (AvgIpc) is 2.96. The van der Waals surface area contributed by atoms with Crippen molar-refractivity contribution >= 4 is 17.8 Å². The summed E-state index contributed by atoms with van der Waals surface area (Å²) in [5, 5.41) is 5.55. The van der Waals surface area contributed by atoms with Crippen molar-refractivity contribution in [2.24, 2.45) is 0 Å². The van der Waals surface area contributed by atoms with Crippen LogP contribution in [0.25, 0.3) is 5.95 Å². The number of nitrogens with zero attached hydrogens (tertiary/aromatic N) is 5. The van der Waals surface area contributed by atoms with Crippen molar-refractivity contribution in [2.45, 2.75) is 13.3 Å². The van der Waals surface area contributed by atoms with Crippen molar-refractivity contribution < 1.29 is 4.79 Å². The molecule has 0 aliphatic carbocycles. The van der Waals surface area contributed by atoms with Crippen LogP contribution in [0.4, 0.5) is 11.9 Å². The number of amides is 1. The number of anilines is 2. The largest absolute Gasteiger partial charge is 0.368 e. The smallest absolute Gasteiger partial charge is 0.241 e. The lowest BCUT2D eigenvalue weighted by atomic mass is 10.4. The number of hydrogen-bond donors (Lipinski definition) is 3. The third-order valence-electron chi connectivity index (χ3n) is 2.36. The topological polar surface area (TPSA) is 124 Å². The van der Waals surface area contributed by atoms with Crippen molar-refractivity contribution in [3.63, 3.8) is 0 Å². The van der Waals surface area contributed by atoms with Crippen LogP contribution in [0.3, 0.4) is 0 Å². The zero-order chi connectivity index (χ0) is 14.4. The molecule has 9 heteroatoms. The Kier molecular flexibility index (Phi) is 4.43. The molecule has 0 radical (unpaired) electrons. The molecule has 0 aliphatic heterocycles. The van der Waals surface area contributed by atoms with Gasteiger partial charge in [-0.3, -0.25) is 9.36 Å². The highest BCUT2D eigenvalue weighted by Gasteiger charge is 2.07. The average molecular weight is 276 g/mol. The lowest BCUT2D eigenvalue weighted by Gasteiger charge is -2.07. The summed E-state index contributed by atoms with van der Waals surface area (Å²) in [5.41, 5.74) is 5.62. The number of nitrogen functional groups attached to an aromatic ring is 1. The molecule has 1 amide bonds. The van der Waals surface area contributed by atoms with Crippen LogP contribution >= 0.6 is 0 Å². The zero-order valence-corrected chi connectivity index (χ0v) is 11.1. The van der Waals surface area contributed by atoms with Gasteiger partial charge in [-0.2, -0.15) is 15.0 Å². The highest BCUT2D eigenvalue weighted by atomic mass is 16.1. The molecular formula is C11H16N8O. The number of aromatic nitrogens is 5. The molecule has 2 heterocycles. The van der Waals surface area contributed by atoms with Crippen molar-refractivity contribution in [1.29, 1.82) is 0 Å². The SMILES string of the molecule is CCCNC(=O)CNc1nc(N)nc(-n2ccnc2)n1. The van der Waals surface area contributed by atoms with Gasteiger partial charge in [0.1, 0.15) is 6.33 Å². The quantitative estimate of drug-likeness (QED) is 0.654. The van der Waals surface area contributed by atoms with E-state index in [1.807, 2.05) is 6.92 Å². The summed E-state index contributed by atoms with van der Waals surface area (Å²) in [5.74, 6) is 0.523. The fourth-order valence-electron chi connectivity index (χ4n) is 1.44. The Morgan fingerprint density at radius 3 is 2.95 bits per heavy atom. The van der Waals surface area contributed by atoms with Gasteiger partial charge in [0, 0.05) is 18.9 Å². The van der Waals surface area contributed by atoms with Crippen LogP contribution in [0.2, 0.25) is 0 Å². The van der Waals surface area contributed by atoms with Crippen molar-refractivity contribution in [3.8, 4) is 5.95 Å². The first kappa shape index (κ1) is 13.7. The van der Waals surface area contributed by atoms with Gasteiger partial charge in [-0.15, -0.1) is 0 Å². The number of imidazole rings is 1. The molecule has 0 saturated carbocycles. The Balaban J connectivity index is 2.03. The summed E-state index contributed by atoms with van der Waals surface area (Å²) in [4.78, 5) is 27.5. The van der Waals surface area contributed by atoms with E-state index in [0.717, 1.165) is 6.42 Å². The molecule has 2 aromatic heterocycles. The van der Waals surface area contributed by atoms with Gasteiger partial charge in [-0.25, -0.2) is 4.98 Å². The van der Waals surface area contributed by atoms with Gasteiger partial charge in [0.25, 0.3) is 0 Å². The molecule has 106 valence electrons. The predicted molar refractivity (Wildman–Crippen MR) is 73.2 cm³/mol. The highest BCUT2D eigenvalue weighted by molar-refractivity contribution is 5.80. The Hall–Kier alpha value is -2.71. The molecule has 0 fully saturated rings. The third kappa shape index (κ3) is 3.64. The Labute approximate surface area is 115 Å². The summed E-state index contributed by atoms with van der Waals surface area (Å²) < 4.78 is 1.60. The summed E-state index contributed by atoms with van der Waals surface area (Å²) in [6.07, 6.45) is 5.72. The van der Waals surface area contributed by atoms with Crippen LogP contribution in [-0.2, 0) is 4.79 Å². The van der Waals surface area contributed by atoms with Gasteiger partial charge >= 0.3 is 0 Å². The standard InChI is InChI=1S/C11H16N8O/c1-2-3-14-8(20)6-15-10-16-9(12)17-11(18-10)19-5-4-13-7-19/h4-5,7H,2-3,6H2,1H3,(H,14,20)(H3,12,15,16,17,18). The molecule has 2 rings (SSSR count). The highest BCUT2D eigenvalue weighted by Crippen LogP contribution is 2.06. The minimum atomic E-state index is -0.130. The lowest BCUT2D eigenvalue weighted by molar-refractivity contribution is -0.119. The van der Waals surface area contributed by atoms with E-state index in [2.05, 4.69) is 30.6 Å². The van der Waals surface area contributed by atoms with Gasteiger partial charge in [-0.05, 0) is 6.42 Å². The van der Waals surface area contributed by atoms with Gasteiger partial charge < -0.3 is 16.4 Å². The molecule has 9 nitrogen and oxygen atoms in total. The first-order chi connectivity index (χ1) is 9.69. The molecule has 0 aliphatic rings. The van der Waals surface area contributed by atoms with E-state index in [-0.39, 0.29) is 24.3 Å². The Bertz CT molecular complexity index is 568. The number of nitrogens with one attached hydrogen (secondary N) is 2. The van der Waals surface area contributed by atoms with Crippen molar-refractivity contribution in [3.05, 3.63) is 18.7 Å². The Morgan fingerprint density at radius 2 is 2.25 bits per heavy atom. The van der Waals surface area contributed by atoms with E-state index in [4.69, 9.17) is 5.73 Å².